The van der Waals surface area contributed by atoms with Crippen LogP contribution in [0.4, 0.5) is 0 Å². The summed E-state index contributed by atoms with van der Waals surface area (Å²) < 4.78 is 3.86. The van der Waals surface area contributed by atoms with Crippen molar-refractivity contribution in [2.24, 2.45) is 12.5 Å². The molecule has 7 heteroatoms. The molecule has 7 nitrogen and oxygen atoms in total. The molecule has 1 aliphatic carbocycles. The number of likely N-dealkylation sites (tertiary alicyclic amines) is 1. The van der Waals surface area contributed by atoms with Crippen molar-refractivity contribution in [2.45, 2.75) is 44.6 Å². The predicted octanol–water partition coefficient (Wildman–Crippen LogP) is 3.25. The van der Waals surface area contributed by atoms with E-state index in [9.17, 15) is 4.79 Å². The van der Waals surface area contributed by atoms with E-state index in [1.54, 1.807) is 17.1 Å². The van der Waals surface area contributed by atoms with E-state index in [1.165, 1.54) is 24.8 Å². The molecule has 1 atom stereocenters. The van der Waals surface area contributed by atoms with E-state index in [0.29, 0.717) is 12.1 Å². The number of hydrogen-bond acceptors (Lipinski definition) is 4. The van der Waals surface area contributed by atoms with Gasteiger partial charge in [0, 0.05) is 32.3 Å². The Balaban J connectivity index is 1.46. The summed E-state index contributed by atoms with van der Waals surface area (Å²) in [7, 11) is 1.85. The minimum Gasteiger partial charge on any atom is -0.337 e. The molecule has 2 fully saturated rings. The van der Waals surface area contributed by atoms with Crippen molar-refractivity contribution in [1.82, 2.24) is 29.4 Å². The average Bonchev–Trinajstić information content (AvgIpc) is 3.48. The molecule has 30 heavy (non-hydrogen) atoms. The zero-order valence-corrected chi connectivity index (χ0v) is 17.4. The second-order valence-corrected chi connectivity index (χ2v) is 8.87. The van der Waals surface area contributed by atoms with E-state index in [4.69, 9.17) is 0 Å². The molecule has 1 saturated carbocycles. The molecule has 2 aliphatic rings. The lowest BCUT2D eigenvalue weighted by Gasteiger charge is -2.37. The van der Waals surface area contributed by atoms with Gasteiger partial charge in [0.1, 0.15) is 12.2 Å². The molecular formula is C23H28N6O. The zero-order chi connectivity index (χ0) is 20.6. The largest absolute Gasteiger partial charge is 0.337 e. The summed E-state index contributed by atoms with van der Waals surface area (Å²) >= 11 is 0. The van der Waals surface area contributed by atoms with Gasteiger partial charge in [0.15, 0.2) is 0 Å². The van der Waals surface area contributed by atoms with Crippen LogP contribution in [0.2, 0.25) is 0 Å². The lowest BCUT2D eigenvalue weighted by molar-refractivity contribution is 0.0758. The number of aryl methyl sites for hydroxylation is 1. The molecule has 1 aliphatic heterocycles. The van der Waals surface area contributed by atoms with Gasteiger partial charge < -0.3 is 9.47 Å². The normalized spacial score (nSPS) is 20.7. The first-order chi connectivity index (χ1) is 14.6. The third kappa shape index (κ3) is 3.42. The number of carbonyl (C=O) groups is 1. The van der Waals surface area contributed by atoms with Gasteiger partial charge in [-0.05, 0) is 23.8 Å². The molecule has 1 unspecified atom stereocenters. The van der Waals surface area contributed by atoms with Gasteiger partial charge >= 0.3 is 0 Å². The molecule has 5 rings (SSSR count). The summed E-state index contributed by atoms with van der Waals surface area (Å²) in [4.78, 5) is 15.2. The fraction of sp³-hybridized carbons (Fsp3) is 0.478. The van der Waals surface area contributed by atoms with Crippen molar-refractivity contribution >= 4 is 5.91 Å². The van der Waals surface area contributed by atoms with Gasteiger partial charge in [-0.15, -0.1) is 10.2 Å². The van der Waals surface area contributed by atoms with E-state index >= 15 is 0 Å². The SMILES string of the molecule is Cn1cc(C(=O)N2CC(c3nncn3Cc3ccccc3)C3(CCCCC3)C2)cn1. The monoisotopic (exact) mass is 404 g/mol. The van der Waals surface area contributed by atoms with Gasteiger partial charge in [-0.2, -0.15) is 5.10 Å². The molecule has 0 radical (unpaired) electrons. The summed E-state index contributed by atoms with van der Waals surface area (Å²) in [6.45, 7) is 2.25. The fourth-order valence-electron chi connectivity index (χ4n) is 5.39. The number of carbonyl (C=O) groups excluding carboxylic acids is 1. The first-order valence-corrected chi connectivity index (χ1v) is 10.8. The highest BCUT2D eigenvalue weighted by Crippen LogP contribution is 2.51. The maximum Gasteiger partial charge on any atom is 0.257 e. The van der Waals surface area contributed by atoms with Crippen molar-refractivity contribution in [3.05, 3.63) is 66.0 Å². The van der Waals surface area contributed by atoms with Crippen LogP contribution in [-0.4, -0.2) is 48.4 Å². The van der Waals surface area contributed by atoms with Crippen molar-refractivity contribution in [1.29, 1.82) is 0 Å². The topological polar surface area (TPSA) is 68.8 Å². The van der Waals surface area contributed by atoms with E-state index < -0.39 is 0 Å². The molecule has 1 saturated heterocycles. The Bertz CT molecular complexity index is 1020. The minimum atomic E-state index is 0.0738. The maximum absolute atomic E-state index is 13.2. The lowest BCUT2D eigenvalue weighted by atomic mass is 9.67. The predicted molar refractivity (Wildman–Crippen MR) is 113 cm³/mol. The maximum atomic E-state index is 13.2. The molecule has 3 aromatic rings. The van der Waals surface area contributed by atoms with Crippen LogP contribution in [0.5, 0.6) is 0 Å². The first-order valence-electron chi connectivity index (χ1n) is 10.8. The second-order valence-electron chi connectivity index (χ2n) is 8.87. The lowest BCUT2D eigenvalue weighted by Crippen LogP contribution is -2.34. The van der Waals surface area contributed by atoms with Crippen molar-refractivity contribution in [3.8, 4) is 0 Å². The zero-order valence-electron chi connectivity index (χ0n) is 17.4. The van der Waals surface area contributed by atoms with Crippen molar-refractivity contribution in [3.63, 3.8) is 0 Å². The number of benzene rings is 1. The van der Waals surface area contributed by atoms with Crippen LogP contribution in [0.25, 0.3) is 0 Å². The summed E-state index contributed by atoms with van der Waals surface area (Å²) in [5.74, 6) is 1.30. The van der Waals surface area contributed by atoms with Crippen molar-refractivity contribution < 1.29 is 4.79 Å². The van der Waals surface area contributed by atoms with Crippen LogP contribution < -0.4 is 0 Å². The molecule has 1 spiro atoms. The van der Waals surface area contributed by atoms with Gasteiger partial charge in [-0.1, -0.05) is 49.6 Å². The van der Waals surface area contributed by atoms with Crippen LogP contribution in [0.15, 0.2) is 49.1 Å². The Morgan fingerprint density at radius 3 is 2.70 bits per heavy atom. The third-order valence-corrected chi connectivity index (χ3v) is 6.89. The van der Waals surface area contributed by atoms with E-state index in [1.807, 2.05) is 24.3 Å². The van der Waals surface area contributed by atoms with Gasteiger partial charge in [-0.3, -0.25) is 9.48 Å². The highest BCUT2D eigenvalue weighted by molar-refractivity contribution is 5.94. The molecule has 156 valence electrons. The van der Waals surface area contributed by atoms with Gasteiger partial charge in [0.05, 0.1) is 18.3 Å². The highest BCUT2D eigenvalue weighted by Gasteiger charge is 2.50. The molecule has 0 bridgehead atoms. The van der Waals surface area contributed by atoms with Crippen LogP contribution in [0.1, 0.15) is 59.8 Å². The number of rotatable bonds is 4. The van der Waals surface area contributed by atoms with E-state index in [0.717, 1.165) is 31.8 Å². The first kappa shape index (κ1) is 19.0. The number of amides is 1. The summed E-state index contributed by atoms with van der Waals surface area (Å²) in [5.41, 5.74) is 1.99. The number of aromatic nitrogens is 5. The molecule has 2 aromatic heterocycles. The number of nitrogens with zero attached hydrogens (tertiary/aromatic N) is 6. The molecule has 0 N–H and O–H groups in total. The van der Waals surface area contributed by atoms with E-state index in [2.05, 4.69) is 44.1 Å². The quantitative estimate of drug-likeness (QED) is 0.669. The van der Waals surface area contributed by atoms with Gasteiger partial charge in [-0.25, -0.2) is 0 Å². The van der Waals surface area contributed by atoms with Gasteiger partial charge in [0.2, 0.25) is 0 Å². The Kier molecular flexibility index (Phi) is 4.89. The van der Waals surface area contributed by atoms with Crippen LogP contribution >= 0.6 is 0 Å². The van der Waals surface area contributed by atoms with Crippen molar-refractivity contribution in [2.75, 3.05) is 13.1 Å². The number of hydrogen-bond donors (Lipinski definition) is 0. The van der Waals surface area contributed by atoms with Crippen LogP contribution in [0.3, 0.4) is 0 Å². The summed E-state index contributed by atoms with van der Waals surface area (Å²) in [6.07, 6.45) is 11.3. The Morgan fingerprint density at radius 1 is 1.17 bits per heavy atom. The standard InChI is InChI=1S/C23H28N6O/c1-27-14-19(12-25-27)22(30)28-15-20(23(16-28)10-6-3-7-11-23)21-26-24-17-29(21)13-18-8-4-2-5-9-18/h2,4-5,8-9,12,14,17,20H,3,6-7,10-11,13,15-16H2,1H3. The highest BCUT2D eigenvalue weighted by atomic mass is 16.2. The van der Waals surface area contributed by atoms with E-state index in [-0.39, 0.29) is 17.2 Å². The Hall–Kier alpha value is -2.96. The summed E-state index contributed by atoms with van der Waals surface area (Å²) in [6, 6.07) is 10.4. The molecule has 3 heterocycles. The molecule has 1 amide bonds. The molecule has 1 aromatic carbocycles. The van der Waals surface area contributed by atoms with Crippen LogP contribution in [-0.2, 0) is 13.6 Å². The van der Waals surface area contributed by atoms with Crippen LogP contribution in [0, 0.1) is 5.41 Å². The van der Waals surface area contributed by atoms with Gasteiger partial charge in [0.25, 0.3) is 5.91 Å². The third-order valence-electron chi connectivity index (χ3n) is 6.89. The summed E-state index contributed by atoms with van der Waals surface area (Å²) in [5, 5.41) is 13.0. The smallest absolute Gasteiger partial charge is 0.257 e. The molecular weight excluding hydrogens is 376 g/mol. The Morgan fingerprint density at radius 2 is 1.97 bits per heavy atom. The average molecular weight is 405 g/mol. The second kappa shape index (κ2) is 7.70. The fourth-order valence-corrected chi connectivity index (χ4v) is 5.39. The Labute approximate surface area is 176 Å². The minimum absolute atomic E-state index is 0.0738.